The minimum Gasteiger partial charge on any atom is -0.456 e. The van der Waals surface area contributed by atoms with Crippen LogP contribution in [0.2, 0.25) is 0 Å². The van der Waals surface area contributed by atoms with Crippen molar-refractivity contribution in [3.8, 4) is 44.5 Å². The Morgan fingerprint density at radius 2 is 0.692 bits per heavy atom. The van der Waals surface area contributed by atoms with Crippen LogP contribution in [0.3, 0.4) is 0 Å². The van der Waals surface area contributed by atoms with E-state index < -0.39 is 0 Å². The number of hydrogen-bond acceptors (Lipinski definition) is 2. The van der Waals surface area contributed by atoms with Gasteiger partial charge >= 0.3 is 0 Å². The molecule has 0 saturated carbocycles. The molecule has 7 rings (SSSR count). The van der Waals surface area contributed by atoms with E-state index in [-0.39, 0.29) is 5.43 Å². The van der Waals surface area contributed by atoms with Gasteiger partial charge in [-0.15, -0.1) is 0 Å². The molecule has 7 aromatic rings. The Morgan fingerprint density at radius 1 is 0.333 bits per heavy atom. The molecule has 184 valence electrons. The maximum atomic E-state index is 13.7. The lowest BCUT2D eigenvalue weighted by Gasteiger charge is -2.09. The van der Waals surface area contributed by atoms with Gasteiger partial charge in [0.25, 0.3) is 0 Å². The van der Waals surface area contributed by atoms with E-state index in [0.717, 1.165) is 38.9 Å². The fourth-order valence-corrected chi connectivity index (χ4v) is 5.21. The zero-order valence-electron chi connectivity index (χ0n) is 21.2. The molecule has 2 heteroatoms. The van der Waals surface area contributed by atoms with Gasteiger partial charge in [-0.05, 0) is 74.8 Å². The number of hydrogen-bond donors (Lipinski definition) is 0. The molecular formula is C37H24O2. The van der Waals surface area contributed by atoms with Crippen molar-refractivity contribution in [2.24, 2.45) is 0 Å². The van der Waals surface area contributed by atoms with Gasteiger partial charge in [-0.2, -0.15) is 0 Å². The molecule has 0 bridgehead atoms. The third-order valence-electron chi connectivity index (χ3n) is 7.30. The third-order valence-corrected chi connectivity index (χ3v) is 7.30. The molecule has 0 radical (unpaired) electrons. The Kier molecular flexibility index (Phi) is 5.64. The second-order valence-electron chi connectivity index (χ2n) is 9.74. The molecule has 39 heavy (non-hydrogen) atoms. The van der Waals surface area contributed by atoms with E-state index in [1.54, 1.807) is 0 Å². The zero-order valence-corrected chi connectivity index (χ0v) is 21.2. The maximum absolute atomic E-state index is 13.7. The first kappa shape index (κ1) is 22.9. The minimum absolute atomic E-state index is 0.0185. The average molecular weight is 501 g/mol. The molecule has 0 N–H and O–H groups in total. The van der Waals surface area contributed by atoms with E-state index in [1.807, 2.05) is 72.8 Å². The predicted octanol–water partition coefficient (Wildman–Crippen LogP) is 9.61. The van der Waals surface area contributed by atoms with Gasteiger partial charge in [-0.25, -0.2) is 0 Å². The summed E-state index contributed by atoms with van der Waals surface area (Å²) in [5.74, 6) is 0. The highest BCUT2D eigenvalue weighted by Crippen LogP contribution is 2.31. The lowest BCUT2D eigenvalue weighted by Crippen LogP contribution is -2.02. The largest absolute Gasteiger partial charge is 0.456 e. The summed E-state index contributed by atoms with van der Waals surface area (Å²) in [6, 6.07) is 49.2. The van der Waals surface area contributed by atoms with Crippen molar-refractivity contribution in [3.63, 3.8) is 0 Å². The smallest absolute Gasteiger partial charge is 0.200 e. The van der Waals surface area contributed by atoms with Crippen molar-refractivity contribution >= 4 is 21.9 Å². The normalized spacial score (nSPS) is 11.2. The SMILES string of the molecule is O=c1c2cc(-c3ccc(-c4ccccc4)cc3)ccc2oc2ccc(-c3cccc(-c4ccccc4)c3)cc12. The number of rotatable bonds is 4. The van der Waals surface area contributed by atoms with Gasteiger partial charge in [0.1, 0.15) is 11.2 Å². The Hall–Kier alpha value is -5.21. The van der Waals surface area contributed by atoms with Gasteiger partial charge in [0, 0.05) is 0 Å². The van der Waals surface area contributed by atoms with E-state index in [0.29, 0.717) is 21.9 Å². The molecule has 2 nitrogen and oxygen atoms in total. The van der Waals surface area contributed by atoms with Crippen LogP contribution in [-0.4, -0.2) is 0 Å². The van der Waals surface area contributed by atoms with Crippen molar-refractivity contribution in [1.29, 1.82) is 0 Å². The Morgan fingerprint density at radius 3 is 1.26 bits per heavy atom. The topological polar surface area (TPSA) is 30.2 Å². The highest BCUT2D eigenvalue weighted by molar-refractivity contribution is 5.94. The van der Waals surface area contributed by atoms with Crippen LogP contribution in [0.25, 0.3) is 66.4 Å². The van der Waals surface area contributed by atoms with Crippen LogP contribution in [0.1, 0.15) is 0 Å². The first-order chi connectivity index (χ1) is 19.2. The van der Waals surface area contributed by atoms with Crippen LogP contribution in [-0.2, 0) is 0 Å². The van der Waals surface area contributed by atoms with Gasteiger partial charge in [0.05, 0.1) is 10.8 Å². The van der Waals surface area contributed by atoms with Gasteiger partial charge in [0.15, 0.2) is 0 Å². The molecular weight excluding hydrogens is 476 g/mol. The molecule has 0 saturated heterocycles. The quantitative estimate of drug-likeness (QED) is 0.225. The molecule has 1 heterocycles. The lowest BCUT2D eigenvalue weighted by molar-refractivity contribution is 0.660. The summed E-state index contributed by atoms with van der Waals surface area (Å²) in [5, 5.41) is 1.17. The summed E-state index contributed by atoms with van der Waals surface area (Å²) in [6.45, 7) is 0. The summed E-state index contributed by atoms with van der Waals surface area (Å²) in [5.41, 5.74) is 9.90. The fourth-order valence-electron chi connectivity index (χ4n) is 5.21. The van der Waals surface area contributed by atoms with Gasteiger partial charge in [0.2, 0.25) is 5.43 Å². The zero-order chi connectivity index (χ0) is 26.2. The van der Waals surface area contributed by atoms with Gasteiger partial charge in [-0.3, -0.25) is 4.79 Å². The second-order valence-corrected chi connectivity index (χ2v) is 9.74. The molecule has 1 aromatic heterocycles. The summed E-state index contributed by atoms with van der Waals surface area (Å²) in [6.07, 6.45) is 0. The fraction of sp³-hybridized carbons (Fsp3) is 0. The van der Waals surface area contributed by atoms with Crippen LogP contribution >= 0.6 is 0 Å². The van der Waals surface area contributed by atoms with Gasteiger partial charge in [-0.1, -0.05) is 115 Å². The van der Waals surface area contributed by atoms with Gasteiger partial charge < -0.3 is 4.42 Å². The van der Waals surface area contributed by atoms with Crippen LogP contribution in [0.4, 0.5) is 0 Å². The Balaban J connectivity index is 1.29. The van der Waals surface area contributed by atoms with E-state index in [2.05, 4.69) is 72.8 Å². The van der Waals surface area contributed by atoms with Crippen LogP contribution in [0.15, 0.2) is 155 Å². The highest BCUT2D eigenvalue weighted by atomic mass is 16.3. The molecule has 0 aliphatic heterocycles. The van der Waals surface area contributed by atoms with Crippen molar-refractivity contribution in [2.45, 2.75) is 0 Å². The van der Waals surface area contributed by atoms with E-state index in [4.69, 9.17) is 4.42 Å². The molecule has 0 aliphatic carbocycles. The number of benzene rings is 6. The maximum Gasteiger partial charge on any atom is 0.200 e. The Bertz CT molecular complexity index is 2000. The van der Waals surface area contributed by atoms with Crippen LogP contribution in [0.5, 0.6) is 0 Å². The van der Waals surface area contributed by atoms with Crippen LogP contribution < -0.4 is 5.43 Å². The highest BCUT2D eigenvalue weighted by Gasteiger charge is 2.12. The molecule has 0 fully saturated rings. The molecule has 0 unspecified atom stereocenters. The number of fused-ring (bicyclic) bond motifs is 2. The standard InChI is InChI=1S/C37H24O2/c38-37-33-23-31(28-16-14-27(15-17-28)25-8-3-1-4-9-25)18-20-35(33)39-36-21-19-32(24-34(36)37)30-13-7-12-29(22-30)26-10-5-2-6-11-26/h1-24H. The first-order valence-electron chi connectivity index (χ1n) is 13.1. The van der Waals surface area contributed by atoms with E-state index in [9.17, 15) is 4.79 Å². The second kappa shape index (κ2) is 9.59. The van der Waals surface area contributed by atoms with Crippen molar-refractivity contribution in [3.05, 3.63) is 156 Å². The van der Waals surface area contributed by atoms with Crippen LogP contribution in [0, 0.1) is 0 Å². The molecule has 0 spiro atoms. The summed E-state index contributed by atoms with van der Waals surface area (Å²) < 4.78 is 6.18. The summed E-state index contributed by atoms with van der Waals surface area (Å²) in [4.78, 5) is 13.7. The molecule has 6 aromatic carbocycles. The molecule has 0 atom stereocenters. The van der Waals surface area contributed by atoms with Crippen molar-refractivity contribution in [2.75, 3.05) is 0 Å². The summed E-state index contributed by atoms with van der Waals surface area (Å²) >= 11 is 0. The summed E-state index contributed by atoms with van der Waals surface area (Å²) in [7, 11) is 0. The lowest BCUT2D eigenvalue weighted by atomic mass is 9.97. The monoisotopic (exact) mass is 500 g/mol. The van der Waals surface area contributed by atoms with Crippen molar-refractivity contribution in [1.82, 2.24) is 0 Å². The Labute approximate surface area is 226 Å². The third kappa shape index (κ3) is 4.32. The molecule has 0 amide bonds. The average Bonchev–Trinajstić information content (AvgIpc) is 3.02. The van der Waals surface area contributed by atoms with E-state index in [1.165, 1.54) is 5.56 Å². The first-order valence-corrected chi connectivity index (χ1v) is 13.1. The molecule has 0 aliphatic rings. The van der Waals surface area contributed by atoms with Crippen molar-refractivity contribution < 1.29 is 4.42 Å². The van der Waals surface area contributed by atoms with E-state index >= 15 is 0 Å². The predicted molar refractivity (Wildman–Crippen MR) is 162 cm³/mol. The minimum atomic E-state index is -0.0185.